The third-order valence-electron chi connectivity index (χ3n) is 8.04. The van der Waals surface area contributed by atoms with Crippen LogP contribution in [0.2, 0.25) is 10.0 Å². The number of amides is 2. The smallest absolute Gasteiger partial charge is 0.264 e. The van der Waals surface area contributed by atoms with E-state index in [1.807, 2.05) is 71.0 Å². The standard InChI is InChI=1S/C37H41Cl2N3O4S/c1-6-28(5)40-37(44)35(22-29-11-8-7-9-12-29)41(23-32-33(38)13-10-14-34(32)39)36(43)24-42(30-20-26(3)19-27(4)21-30)47(45,46)31-17-15-25(2)16-18-31/h7-21,28,35H,6,22-24H2,1-5H3,(H,40,44)/t28-,35-/m0/s1. The zero-order valence-corrected chi connectivity index (χ0v) is 29.7. The molecule has 2 amide bonds. The van der Waals surface area contributed by atoms with Gasteiger partial charge in [0.25, 0.3) is 10.0 Å². The first-order chi connectivity index (χ1) is 22.3. The number of benzene rings is 4. The Morgan fingerprint density at radius 2 is 1.40 bits per heavy atom. The molecule has 248 valence electrons. The van der Waals surface area contributed by atoms with Gasteiger partial charge >= 0.3 is 0 Å². The Kier molecular flexibility index (Phi) is 12.1. The minimum Gasteiger partial charge on any atom is -0.352 e. The molecule has 2 atom stereocenters. The fraction of sp³-hybridized carbons (Fsp3) is 0.297. The number of carbonyl (C=O) groups excluding carboxylic acids is 2. The lowest BCUT2D eigenvalue weighted by Gasteiger charge is -2.34. The van der Waals surface area contributed by atoms with Gasteiger partial charge in [0.2, 0.25) is 11.8 Å². The van der Waals surface area contributed by atoms with Gasteiger partial charge in [-0.05, 0) is 87.2 Å². The highest BCUT2D eigenvalue weighted by Crippen LogP contribution is 2.30. The normalized spacial score (nSPS) is 12.7. The van der Waals surface area contributed by atoms with Crippen LogP contribution in [0.25, 0.3) is 0 Å². The summed E-state index contributed by atoms with van der Waals surface area (Å²) in [4.78, 5) is 30.2. The predicted octanol–water partition coefficient (Wildman–Crippen LogP) is 7.67. The van der Waals surface area contributed by atoms with E-state index in [2.05, 4.69) is 5.32 Å². The summed E-state index contributed by atoms with van der Waals surface area (Å²) in [6, 6.07) is 25.2. The van der Waals surface area contributed by atoms with Crippen LogP contribution >= 0.6 is 23.2 Å². The van der Waals surface area contributed by atoms with E-state index in [-0.39, 0.29) is 29.8 Å². The van der Waals surface area contributed by atoms with Gasteiger partial charge in [-0.2, -0.15) is 0 Å². The molecule has 7 nitrogen and oxygen atoms in total. The molecule has 0 radical (unpaired) electrons. The third kappa shape index (κ3) is 9.15. The number of carbonyl (C=O) groups is 2. The molecule has 0 spiro atoms. The van der Waals surface area contributed by atoms with Crippen molar-refractivity contribution in [1.82, 2.24) is 10.2 Å². The monoisotopic (exact) mass is 693 g/mol. The Labute approximate surface area is 288 Å². The van der Waals surface area contributed by atoms with Crippen LogP contribution < -0.4 is 9.62 Å². The van der Waals surface area contributed by atoms with Crippen molar-refractivity contribution in [3.05, 3.63) is 129 Å². The minimum absolute atomic E-state index is 0.0473. The number of anilines is 1. The Hall–Kier alpha value is -3.85. The molecule has 0 fully saturated rings. The second-order valence-electron chi connectivity index (χ2n) is 11.9. The van der Waals surface area contributed by atoms with Gasteiger partial charge in [-0.15, -0.1) is 0 Å². The van der Waals surface area contributed by atoms with Crippen molar-refractivity contribution in [3.63, 3.8) is 0 Å². The summed E-state index contributed by atoms with van der Waals surface area (Å²) >= 11 is 13.2. The Bertz CT molecular complexity index is 1780. The Morgan fingerprint density at radius 1 is 0.809 bits per heavy atom. The van der Waals surface area contributed by atoms with Crippen molar-refractivity contribution < 1.29 is 18.0 Å². The molecule has 4 aromatic carbocycles. The van der Waals surface area contributed by atoms with Crippen molar-refractivity contribution in [2.24, 2.45) is 0 Å². The summed E-state index contributed by atoms with van der Waals surface area (Å²) in [5.74, 6) is -0.949. The van der Waals surface area contributed by atoms with Crippen LogP contribution in [0.3, 0.4) is 0 Å². The van der Waals surface area contributed by atoms with Crippen LogP contribution in [-0.2, 0) is 32.6 Å². The summed E-state index contributed by atoms with van der Waals surface area (Å²) in [5.41, 5.74) is 4.21. The molecular formula is C37H41Cl2N3O4S. The highest BCUT2D eigenvalue weighted by atomic mass is 35.5. The topological polar surface area (TPSA) is 86.8 Å². The van der Waals surface area contributed by atoms with Gasteiger partial charge in [-0.1, -0.05) is 90.3 Å². The van der Waals surface area contributed by atoms with Crippen LogP contribution in [0.4, 0.5) is 5.69 Å². The second-order valence-corrected chi connectivity index (χ2v) is 14.6. The maximum atomic E-state index is 14.7. The molecule has 1 N–H and O–H groups in total. The first-order valence-electron chi connectivity index (χ1n) is 15.5. The second kappa shape index (κ2) is 15.8. The average Bonchev–Trinajstić information content (AvgIpc) is 3.02. The van der Waals surface area contributed by atoms with Gasteiger partial charge in [-0.25, -0.2) is 8.42 Å². The fourth-order valence-electron chi connectivity index (χ4n) is 5.31. The van der Waals surface area contributed by atoms with Crippen molar-refractivity contribution >= 4 is 50.7 Å². The maximum absolute atomic E-state index is 14.7. The predicted molar refractivity (Wildman–Crippen MR) is 190 cm³/mol. The minimum atomic E-state index is -4.22. The molecule has 0 aromatic heterocycles. The van der Waals surface area contributed by atoms with Gasteiger partial charge < -0.3 is 10.2 Å². The van der Waals surface area contributed by atoms with Crippen LogP contribution in [0, 0.1) is 20.8 Å². The molecule has 4 rings (SSSR count). The average molecular weight is 695 g/mol. The van der Waals surface area contributed by atoms with Crippen LogP contribution in [0.15, 0.2) is 95.9 Å². The largest absolute Gasteiger partial charge is 0.352 e. The summed E-state index contributed by atoms with van der Waals surface area (Å²) in [6.45, 7) is 8.78. The molecular weight excluding hydrogens is 653 g/mol. The molecule has 0 heterocycles. The Balaban J connectivity index is 1.87. The fourth-order valence-corrected chi connectivity index (χ4v) is 7.22. The van der Waals surface area contributed by atoms with E-state index in [4.69, 9.17) is 23.2 Å². The number of rotatable bonds is 13. The third-order valence-corrected chi connectivity index (χ3v) is 10.5. The summed E-state index contributed by atoms with van der Waals surface area (Å²) in [7, 11) is -4.22. The van der Waals surface area contributed by atoms with Gasteiger partial charge in [-0.3, -0.25) is 13.9 Å². The number of halogens is 2. The molecule has 47 heavy (non-hydrogen) atoms. The molecule has 0 aliphatic carbocycles. The van der Waals surface area contributed by atoms with Crippen LogP contribution in [0.1, 0.15) is 48.1 Å². The molecule has 10 heteroatoms. The molecule has 0 saturated heterocycles. The Morgan fingerprint density at radius 3 is 1.98 bits per heavy atom. The lowest BCUT2D eigenvalue weighted by atomic mass is 10.0. The summed E-state index contributed by atoms with van der Waals surface area (Å²) in [5, 5.41) is 3.69. The van der Waals surface area contributed by atoms with Crippen LogP contribution in [-0.4, -0.2) is 43.8 Å². The van der Waals surface area contributed by atoms with E-state index >= 15 is 0 Å². The van der Waals surface area contributed by atoms with Gasteiger partial charge in [0.15, 0.2) is 0 Å². The quantitative estimate of drug-likeness (QED) is 0.156. The first kappa shape index (κ1) is 36.0. The van der Waals surface area contributed by atoms with E-state index in [0.717, 1.165) is 26.6 Å². The lowest BCUT2D eigenvalue weighted by molar-refractivity contribution is -0.140. The molecule has 0 saturated carbocycles. The van der Waals surface area contributed by atoms with E-state index in [9.17, 15) is 18.0 Å². The molecule has 0 unspecified atom stereocenters. The number of nitrogens with zero attached hydrogens (tertiary/aromatic N) is 2. The van der Waals surface area contributed by atoms with Crippen molar-refractivity contribution in [3.8, 4) is 0 Å². The van der Waals surface area contributed by atoms with E-state index < -0.39 is 28.5 Å². The van der Waals surface area contributed by atoms with E-state index in [1.165, 1.54) is 17.0 Å². The maximum Gasteiger partial charge on any atom is 0.264 e. The van der Waals surface area contributed by atoms with Crippen molar-refractivity contribution in [1.29, 1.82) is 0 Å². The summed E-state index contributed by atoms with van der Waals surface area (Å²) < 4.78 is 29.7. The molecule has 4 aromatic rings. The van der Waals surface area contributed by atoms with Gasteiger partial charge in [0, 0.05) is 34.6 Å². The van der Waals surface area contributed by atoms with Gasteiger partial charge in [0.1, 0.15) is 12.6 Å². The highest BCUT2D eigenvalue weighted by Gasteiger charge is 2.35. The SMILES string of the molecule is CC[C@H](C)NC(=O)[C@H](Cc1ccccc1)N(Cc1c(Cl)cccc1Cl)C(=O)CN(c1cc(C)cc(C)c1)S(=O)(=O)c1ccc(C)cc1. The number of sulfonamides is 1. The van der Waals surface area contributed by atoms with Crippen LogP contribution in [0.5, 0.6) is 0 Å². The van der Waals surface area contributed by atoms with E-state index in [0.29, 0.717) is 27.7 Å². The molecule has 0 bridgehead atoms. The van der Waals surface area contributed by atoms with E-state index in [1.54, 1.807) is 42.5 Å². The highest BCUT2D eigenvalue weighted by molar-refractivity contribution is 7.92. The molecule has 0 aliphatic rings. The lowest BCUT2D eigenvalue weighted by Crippen LogP contribution is -2.54. The zero-order chi connectivity index (χ0) is 34.3. The number of aryl methyl sites for hydroxylation is 3. The van der Waals surface area contributed by atoms with Gasteiger partial charge in [0.05, 0.1) is 10.6 Å². The first-order valence-corrected chi connectivity index (χ1v) is 17.7. The van der Waals surface area contributed by atoms with Crippen molar-refractivity contribution in [2.45, 2.75) is 71.0 Å². The molecule has 0 aliphatic heterocycles. The number of hydrogen-bond acceptors (Lipinski definition) is 4. The zero-order valence-electron chi connectivity index (χ0n) is 27.3. The van der Waals surface area contributed by atoms with Crippen molar-refractivity contribution in [2.75, 3.05) is 10.8 Å². The number of hydrogen-bond donors (Lipinski definition) is 1. The number of nitrogens with one attached hydrogen (secondary N) is 1. The summed E-state index contributed by atoms with van der Waals surface area (Å²) in [6.07, 6.45) is 0.870.